The van der Waals surface area contributed by atoms with Crippen LogP contribution in [0.2, 0.25) is 0 Å². The molecule has 0 spiro atoms. The van der Waals surface area contributed by atoms with Crippen molar-refractivity contribution in [2.45, 2.75) is 32.7 Å². The van der Waals surface area contributed by atoms with Crippen LogP contribution in [-0.4, -0.2) is 13.2 Å². The predicted molar refractivity (Wildman–Crippen MR) is 66.8 cm³/mol. The lowest BCUT2D eigenvalue weighted by molar-refractivity contribution is 0.317. The number of rotatable bonds is 4. The van der Waals surface area contributed by atoms with E-state index in [1.165, 1.54) is 12.0 Å². The van der Waals surface area contributed by atoms with Crippen LogP contribution < -0.4 is 10.1 Å². The molecular weight excluding hydrogens is 198 g/mol. The maximum absolute atomic E-state index is 5.57. The SMILES string of the molecule is CCCOc1ccc([C@H]2C[C@H](C)CN2)cc1. The first-order chi connectivity index (χ1) is 7.79. The highest BCUT2D eigenvalue weighted by Gasteiger charge is 2.21. The van der Waals surface area contributed by atoms with E-state index in [9.17, 15) is 0 Å². The monoisotopic (exact) mass is 219 g/mol. The van der Waals surface area contributed by atoms with Gasteiger partial charge in [0.05, 0.1) is 6.61 Å². The normalized spacial score (nSPS) is 24.6. The summed E-state index contributed by atoms with van der Waals surface area (Å²) in [7, 11) is 0. The third-order valence-corrected chi connectivity index (χ3v) is 3.11. The van der Waals surface area contributed by atoms with Gasteiger partial charge in [0.1, 0.15) is 5.75 Å². The van der Waals surface area contributed by atoms with Gasteiger partial charge in [0.15, 0.2) is 0 Å². The highest BCUT2D eigenvalue weighted by atomic mass is 16.5. The van der Waals surface area contributed by atoms with Crippen molar-refractivity contribution in [1.29, 1.82) is 0 Å². The molecule has 2 nitrogen and oxygen atoms in total. The van der Waals surface area contributed by atoms with Gasteiger partial charge in [-0.25, -0.2) is 0 Å². The smallest absolute Gasteiger partial charge is 0.119 e. The van der Waals surface area contributed by atoms with Crippen LogP contribution in [0.5, 0.6) is 5.75 Å². The summed E-state index contributed by atoms with van der Waals surface area (Å²) in [4.78, 5) is 0. The second-order valence-corrected chi connectivity index (χ2v) is 4.72. The molecule has 1 heterocycles. The summed E-state index contributed by atoms with van der Waals surface area (Å²) in [6.45, 7) is 6.36. The number of nitrogens with one attached hydrogen (secondary N) is 1. The van der Waals surface area contributed by atoms with Gasteiger partial charge in [0.2, 0.25) is 0 Å². The highest BCUT2D eigenvalue weighted by molar-refractivity contribution is 5.29. The Morgan fingerprint density at radius 2 is 2.06 bits per heavy atom. The van der Waals surface area contributed by atoms with Crippen molar-refractivity contribution in [3.05, 3.63) is 29.8 Å². The first-order valence-electron chi connectivity index (χ1n) is 6.25. The predicted octanol–water partition coefficient (Wildman–Crippen LogP) is 3.15. The minimum atomic E-state index is 0.537. The highest BCUT2D eigenvalue weighted by Crippen LogP contribution is 2.27. The number of ether oxygens (including phenoxy) is 1. The minimum Gasteiger partial charge on any atom is -0.494 e. The van der Waals surface area contributed by atoms with Crippen molar-refractivity contribution in [3.8, 4) is 5.75 Å². The molecular formula is C14H21NO. The fourth-order valence-corrected chi connectivity index (χ4v) is 2.18. The van der Waals surface area contributed by atoms with Gasteiger partial charge in [-0.3, -0.25) is 0 Å². The summed E-state index contributed by atoms with van der Waals surface area (Å²) in [5, 5.41) is 3.54. The Bertz CT molecular complexity index is 320. The van der Waals surface area contributed by atoms with E-state index < -0.39 is 0 Å². The third kappa shape index (κ3) is 2.76. The van der Waals surface area contributed by atoms with Gasteiger partial charge in [-0.2, -0.15) is 0 Å². The molecule has 16 heavy (non-hydrogen) atoms. The Kier molecular flexibility index (Phi) is 3.83. The van der Waals surface area contributed by atoms with Crippen LogP contribution in [0.4, 0.5) is 0 Å². The van der Waals surface area contributed by atoms with E-state index in [0.717, 1.165) is 31.2 Å². The van der Waals surface area contributed by atoms with Gasteiger partial charge in [-0.1, -0.05) is 26.0 Å². The molecule has 2 atom stereocenters. The summed E-state index contributed by atoms with van der Waals surface area (Å²) < 4.78 is 5.57. The zero-order valence-electron chi connectivity index (χ0n) is 10.2. The van der Waals surface area contributed by atoms with Crippen LogP contribution in [0, 0.1) is 5.92 Å². The molecule has 2 heteroatoms. The topological polar surface area (TPSA) is 21.3 Å². The molecule has 1 N–H and O–H groups in total. The summed E-state index contributed by atoms with van der Waals surface area (Å²) >= 11 is 0. The van der Waals surface area contributed by atoms with Crippen LogP contribution in [0.1, 0.15) is 38.3 Å². The van der Waals surface area contributed by atoms with Crippen LogP contribution in [0.3, 0.4) is 0 Å². The lowest BCUT2D eigenvalue weighted by atomic mass is 10.0. The number of hydrogen-bond acceptors (Lipinski definition) is 2. The van der Waals surface area contributed by atoms with E-state index in [1.54, 1.807) is 0 Å². The average molecular weight is 219 g/mol. The minimum absolute atomic E-state index is 0.537. The van der Waals surface area contributed by atoms with Crippen molar-refractivity contribution >= 4 is 0 Å². The molecule has 2 rings (SSSR count). The maximum Gasteiger partial charge on any atom is 0.119 e. The van der Waals surface area contributed by atoms with E-state index in [0.29, 0.717) is 6.04 Å². The Labute approximate surface area is 98.0 Å². The van der Waals surface area contributed by atoms with Crippen molar-refractivity contribution in [3.63, 3.8) is 0 Å². The van der Waals surface area contributed by atoms with Gasteiger partial charge in [0.25, 0.3) is 0 Å². The van der Waals surface area contributed by atoms with Crippen molar-refractivity contribution in [2.75, 3.05) is 13.2 Å². The molecule has 0 radical (unpaired) electrons. The van der Waals surface area contributed by atoms with Crippen LogP contribution in [0.15, 0.2) is 24.3 Å². The van der Waals surface area contributed by atoms with Crippen LogP contribution in [-0.2, 0) is 0 Å². The third-order valence-electron chi connectivity index (χ3n) is 3.11. The lowest BCUT2D eigenvalue weighted by Crippen LogP contribution is -2.13. The summed E-state index contributed by atoms with van der Waals surface area (Å²) in [6, 6.07) is 9.06. The fourth-order valence-electron chi connectivity index (χ4n) is 2.18. The molecule has 1 aromatic carbocycles. The van der Waals surface area contributed by atoms with Crippen molar-refractivity contribution in [2.24, 2.45) is 5.92 Å². The van der Waals surface area contributed by atoms with Gasteiger partial charge in [0, 0.05) is 6.04 Å². The molecule has 1 aliphatic heterocycles. The Morgan fingerprint density at radius 1 is 1.31 bits per heavy atom. The molecule has 0 aromatic heterocycles. The van der Waals surface area contributed by atoms with Crippen LogP contribution in [0.25, 0.3) is 0 Å². The Hall–Kier alpha value is -1.02. The molecule has 0 bridgehead atoms. The fraction of sp³-hybridized carbons (Fsp3) is 0.571. The average Bonchev–Trinajstić information content (AvgIpc) is 2.74. The second-order valence-electron chi connectivity index (χ2n) is 4.72. The summed E-state index contributed by atoms with van der Waals surface area (Å²) in [5.41, 5.74) is 1.38. The Morgan fingerprint density at radius 3 is 2.62 bits per heavy atom. The Balaban J connectivity index is 1.96. The van der Waals surface area contributed by atoms with E-state index in [2.05, 4.69) is 43.4 Å². The molecule has 1 fully saturated rings. The molecule has 0 amide bonds. The lowest BCUT2D eigenvalue weighted by Gasteiger charge is -2.11. The molecule has 1 aromatic rings. The van der Waals surface area contributed by atoms with E-state index in [1.807, 2.05) is 0 Å². The number of hydrogen-bond donors (Lipinski definition) is 1. The quantitative estimate of drug-likeness (QED) is 0.840. The molecule has 0 saturated carbocycles. The van der Waals surface area contributed by atoms with Gasteiger partial charge >= 0.3 is 0 Å². The first-order valence-corrected chi connectivity index (χ1v) is 6.25. The second kappa shape index (κ2) is 5.35. The van der Waals surface area contributed by atoms with E-state index >= 15 is 0 Å². The molecule has 1 saturated heterocycles. The summed E-state index contributed by atoms with van der Waals surface area (Å²) in [5.74, 6) is 1.78. The van der Waals surface area contributed by atoms with E-state index in [-0.39, 0.29) is 0 Å². The number of benzene rings is 1. The molecule has 0 unspecified atom stereocenters. The van der Waals surface area contributed by atoms with Crippen molar-refractivity contribution in [1.82, 2.24) is 5.32 Å². The zero-order valence-corrected chi connectivity index (χ0v) is 10.2. The van der Waals surface area contributed by atoms with E-state index in [4.69, 9.17) is 4.74 Å². The molecule has 1 aliphatic rings. The first kappa shape index (κ1) is 11.5. The van der Waals surface area contributed by atoms with Gasteiger partial charge in [-0.05, 0) is 43.0 Å². The maximum atomic E-state index is 5.57. The van der Waals surface area contributed by atoms with Crippen LogP contribution >= 0.6 is 0 Å². The largest absolute Gasteiger partial charge is 0.494 e. The van der Waals surface area contributed by atoms with Crippen molar-refractivity contribution < 1.29 is 4.74 Å². The molecule has 0 aliphatic carbocycles. The zero-order chi connectivity index (χ0) is 11.4. The standard InChI is InChI=1S/C14H21NO/c1-3-8-16-13-6-4-12(5-7-13)14-9-11(2)10-15-14/h4-7,11,14-15H,3,8-10H2,1-2H3/t11-,14+/m0/s1. The van der Waals surface area contributed by atoms with Gasteiger partial charge in [-0.15, -0.1) is 0 Å². The van der Waals surface area contributed by atoms with Gasteiger partial charge < -0.3 is 10.1 Å². The molecule has 88 valence electrons. The summed E-state index contributed by atoms with van der Waals surface area (Å²) in [6.07, 6.45) is 2.30.